The van der Waals surface area contributed by atoms with Crippen molar-refractivity contribution in [3.05, 3.63) is 48.7 Å². The van der Waals surface area contributed by atoms with Gasteiger partial charge in [-0.2, -0.15) is 5.10 Å². The Bertz CT molecular complexity index is 426. The van der Waals surface area contributed by atoms with Gasteiger partial charge < -0.3 is 0 Å². The molecule has 0 aromatic heterocycles. The Labute approximate surface area is 90.2 Å². The molecule has 1 aromatic rings. The van der Waals surface area contributed by atoms with E-state index in [1.165, 1.54) is 0 Å². The van der Waals surface area contributed by atoms with Gasteiger partial charge in [0.05, 0.1) is 5.69 Å². The maximum atomic E-state index is 4.42. The van der Waals surface area contributed by atoms with Crippen LogP contribution in [0.1, 0.15) is 18.9 Å². The van der Waals surface area contributed by atoms with Crippen molar-refractivity contribution in [2.24, 2.45) is 5.10 Å². The minimum absolute atomic E-state index is 0.864. The number of hydrazone groups is 1. The highest BCUT2D eigenvalue weighted by molar-refractivity contribution is 5.89. The van der Waals surface area contributed by atoms with Gasteiger partial charge in [0.1, 0.15) is 0 Å². The van der Waals surface area contributed by atoms with Crippen LogP contribution in [0.2, 0.25) is 0 Å². The minimum atomic E-state index is 0.864. The molecule has 1 heterocycles. The minimum Gasteiger partial charge on any atom is -0.238 e. The fourth-order valence-electron chi connectivity index (χ4n) is 1.64. The van der Waals surface area contributed by atoms with Gasteiger partial charge in [0.25, 0.3) is 0 Å². The van der Waals surface area contributed by atoms with Crippen LogP contribution in [0.25, 0.3) is 6.08 Å². The van der Waals surface area contributed by atoms with Crippen LogP contribution in [0.15, 0.2) is 48.2 Å². The molecule has 15 heavy (non-hydrogen) atoms. The van der Waals surface area contributed by atoms with Crippen LogP contribution in [0.4, 0.5) is 5.69 Å². The Morgan fingerprint density at radius 3 is 2.47 bits per heavy atom. The lowest BCUT2D eigenvalue weighted by Crippen LogP contribution is -2.08. The van der Waals surface area contributed by atoms with Gasteiger partial charge in [-0.05, 0) is 24.6 Å². The molecule has 0 atom stereocenters. The zero-order valence-electron chi connectivity index (χ0n) is 8.90. The SMILES string of the molecule is C=Cc1ccc(N2N=C(C)CC2=C)cc1. The van der Waals surface area contributed by atoms with E-state index >= 15 is 0 Å². The maximum absolute atomic E-state index is 4.42. The molecule has 0 bridgehead atoms. The predicted molar refractivity (Wildman–Crippen MR) is 65.9 cm³/mol. The third kappa shape index (κ3) is 1.84. The van der Waals surface area contributed by atoms with E-state index in [9.17, 15) is 0 Å². The zero-order valence-corrected chi connectivity index (χ0v) is 8.90. The second kappa shape index (κ2) is 3.73. The molecule has 2 heteroatoms. The summed E-state index contributed by atoms with van der Waals surface area (Å²) >= 11 is 0. The predicted octanol–water partition coefficient (Wildman–Crippen LogP) is 3.43. The summed E-state index contributed by atoms with van der Waals surface area (Å²) in [7, 11) is 0. The fraction of sp³-hybridized carbons (Fsp3) is 0.154. The highest BCUT2D eigenvalue weighted by Gasteiger charge is 2.16. The van der Waals surface area contributed by atoms with Crippen molar-refractivity contribution >= 4 is 17.5 Å². The molecule has 0 radical (unpaired) electrons. The molecule has 0 amide bonds. The fourth-order valence-corrected chi connectivity index (χ4v) is 1.64. The van der Waals surface area contributed by atoms with Crippen molar-refractivity contribution < 1.29 is 0 Å². The lowest BCUT2D eigenvalue weighted by Gasteiger charge is -2.15. The summed E-state index contributed by atoms with van der Waals surface area (Å²) in [6, 6.07) is 8.12. The number of hydrogen-bond donors (Lipinski definition) is 0. The Balaban J connectivity index is 2.30. The Morgan fingerprint density at radius 1 is 1.33 bits per heavy atom. The number of benzene rings is 1. The third-order valence-corrected chi connectivity index (χ3v) is 2.40. The first-order chi connectivity index (χ1) is 7.20. The van der Waals surface area contributed by atoms with E-state index in [2.05, 4.69) is 18.3 Å². The quantitative estimate of drug-likeness (QED) is 0.710. The molecule has 0 N–H and O–H groups in total. The van der Waals surface area contributed by atoms with E-state index in [1.807, 2.05) is 42.3 Å². The highest BCUT2D eigenvalue weighted by atomic mass is 15.5. The molecule has 1 aliphatic heterocycles. The van der Waals surface area contributed by atoms with Gasteiger partial charge in [-0.25, -0.2) is 5.01 Å². The summed E-state index contributed by atoms with van der Waals surface area (Å²) in [5.41, 5.74) is 4.30. The van der Waals surface area contributed by atoms with Crippen molar-refractivity contribution in [1.29, 1.82) is 0 Å². The van der Waals surface area contributed by atoms with E-state index in [-0.39, 0.29) is 0 Å². The number of allylic oxidation sites excluding steroid dienone is 1. The molecule has 0 spiro atoms. The molecule has 1 aromatic carbocycles. The molecule has 0 fully saturated rings. The second-order valence-corrected chi connectivity index (χ2v) is 3.69. The summed E-state index contributed by atoms with van der Waals surface area (Å²) in [5, 5.41) is 6.31. The molecule has 0 saturated heterocycles. The molecular formula is C13H14N2. The van der Waals surface area contributed by atoms with E-state index in [1.54, 1.807) is 0 Å². The van der Waals surface area contributed by atoms with Gasteiger partial charge in [-0.15, -0.1) is 0 Å². The second-order valence-electron chi connectivity index (χ2n) is 3.69. The van der Waals surface area contributed by atoms with Gasteiger partial charge in [0.15, 0.2) is 0 Å². The Hall–Kier alpha value is -1.83. The number of rotatable bonds is 2. The standard InChI is InChI=1S/C13H14N2/c1-4-12-5-7-13(8-6-12)15-11(3)9-10(2)14-15/h4-8H,1,3,9H2,2H3. The summed E-state index contributed by atoms with van der Waals surface area (Å²) in [6.07, 6.45) is 2.69. The normalized spacial score (nSPS) is 15.4. The zero-order chi connectivity index (χ0) is 10.8. The van der Waals surface area contributed by atoms with E-state index in [0.29, 0.717) is 0 Å². The lowest BCUT2D eigenvalue weighted by atomic mass is 10.2. The largest absolute Gasteiger partial charge is 0.238 e. The molecule has 0 saturated carbocycles. The molecule has 2 rings (SSSR count). The Kier molecular flexibility index (Phi) is 2.42. The lowest BCUT2D eigenvalue weighted by molar-refractivity contribution is 1.04. The van der Waals surface area contributed by atoms with Gasteiger partial charge in [0.2, 0.25) is 0 Å². The third-order valence-electron chi connectivity index (χ3n) is 2.40. The first-order valence-corrected chi connectivity index (χ1v) is 4.95. The molecule has 0 unspecified atom stereocenters. The molecule has 0 aliphatic carbocycles. The van der Waals surface area contributed by atoms with Crippen LogP contribution >= 0.6 is 0 Å². The van der Waals surface area contributed by atoms with Crippen LogP contribution in [0.3, 0.4) is 0 Å². The van der Waals surface area contributed by atoms with Gasteiger partial charge in [-0.1, -0.05) is 31.4 Å². The first-order valence-electron chi connectivity index (χ1n) is 4.95. The van der Waals surface area contributed by atoms with Gasteiger partial charge in [-0.3, -0.25) is 0 Å². The number of anilines is 1. The average molecular weight is 198 g/mol. The summed E-state index contributed by atoms with van der Waals surface area (Å²) in [4.78, 5) is 0. The van der Waals surface area contributed by atoms with Crippen LogP contribution in [0.5, 0.6) is 0 Å². The average Bonchev–Trinajstić information content (AvgIpc) is 2.58. The van der Waals surface area contributed by atoms with Crippen LogP contribution < -0.4 is 5.01 Å². The topological polar surface area (TPSA) is 15.6 Å². The van der Waals surface area contributed by atoms with Crippen molar-refractivity contribution in [3.8, 4) is 0 Å². The van der Waals surface area contributed by atoms with E-state index < -0.39 is 0 Å². The van der Waals surface area contributed by atoms with Crippen molar-refractivity contribution in [2.45, 2.75) is 13.3 Å². The highest BCUT2D eigenvalue weighted by Crippen LogP contribution is 2.26. The monoisotopic (exact) mass is 198 g/mol. The summed E-state index contributed by atoms with van der Waals surface area (Å²) < 4.78 is 0. The number of hydrogen-bond acceptors (Lipinski definition) is 2. The van der Waals surface area contributed by atoms with Crippen molar-refractivity contribution in [2.75, 3.05) is 5.01 Å². The van der Waals surface area contributed by atoms with Gasteiger partial charge >= 0.3 is 0 Å². The molecule has 1 aliphatic rings. The molecule has 76 valence electrons. The Morgan fingerprint density at radius 2 is 2.00 bits per heavy atom. The van der Waals surface area contributed by atoms with Crippen molar-refractivity contribution in [3.63, 3.8) is 0 Å². The van der Waals surface area contributed by atoms with E-state index in [4.69, 9.17) is 0 Å². The maximum Gasteiger partial charge on any atom is 0.0649 e. The molecule has 2 nitrogen and oxygen atoms in total. The smallest absolute Gasteiger partial charge is 0.0649 e. The van der Waals surface area contributed by atoms with E-state index in [0.717, 1.165) is 29.1 Å². The summed E-state index contributed by atoms with van der Waals surface area (Å²) in [5.74, 6) is 0. The van der Waals surface area contributed by atoms with Crippen molar-refractivity contribution in [1.82, 2.24) is 0 Å². The van der Waals surface area contributed by atoms with Crippen LogP contribution in [0, 0.1) is 0 Å². The van der Waals surface area contributed by atoms with Crippen LogP contribution in [-0.2, 0) is 0 Å². The number of nitrogens with zero attached hydrogens (tertiary/aromatic N) is 2. The first kappa shape index (κ1) is 9.71. The van der Waals surface area contributed by atoms with Crippen LogP contribution in [-0.4, -0.2) is 5.71 Å². The molecular weight excluding hydrogens is 184 g/mol. The van der Waals surface area contributed by atoms with Gasteiger partial charge in [0, 0.05) is 17.8 Å². The summed E-state index contributed by atoms with van der Waals surface area (Å²) in [6.45, 7) is 9.74.